The number of thioether (sulfide) groups is 1. The minimum Gasteiger partial charge on any atom is -0.496 e. The standard InChI is InChI=1S/C30H23F3N2O2S2/c1-19-14-28(30(31,32)33)35-29(24(19)17-34)38-18-22-15-21(9-12-26(22)37-2)8-11-25(36)27-13-10-23(39-27)16-20-6-4-3-5-7-20/h3-15H,16,18H2,1-2H3/b11-8+. The van der Waals surface area contributed by atoms with Crippen LogP contribution in [0.3, 0.4) is 0 Å². The van der Waals surface area contributed by atoms with Crippen LogP contribution in [-0.4, -0.2) is 17.9 Å². The van der Waals surface area contributed by atoms with Crippen molar-refractivity contribution in [1.82, 2.24) is 4.98 Å². The molecule has 0 saturated carbocycles. The van der Waals surface area contributed by atoms with E-state index in [9.17, 15) is 23.2 Å². The van der Waals surface area contributed by atoms with Gasteiger partial charge in [0, 0.05) is 22.6 Å². The van der Waals surface area contributed by atoms with Crippen LogP contribution in [0.15, 0.2) is 77.8 Å². The summed E-state index contributed by atoms with van der Waals surface area (Å²) in [6.07, 6.45) is -0.661. The number of nitriles is 1. The number of carbonyl (C=O) groups excluding carboxylic acids is 1. The molecule has 0 fully saturated rings. The second-order valence-corrected chi connectivity index (χ2v) is 10.7. The van der Waals surface area contributed by atoms with E-state index < -0.39 is 11.9 Å². The first-order chi connectivity index (χ1) is 18.7. The van der Waals surface area contributed by atoms with Crippen molar-refractivity contribution in [3.05, 3.63) is 116 Å². The third-order valence-electron chi connectivity index (χ3n) is 5.81. The molecule has 0 radical (unpaired) electrons. The number of ketones is 1. The predicted octanol–water partition coefficient (Wildman–Crippen LogP) is 8.13. The Kier molecular flexibility index (Phi) is 8.90. The molecule has 0 bridgehead atoms. The Morgan fingerprint density at radius 1 is 1.13 bits per heavy atom. The van der Waals surface area contributed by atoms with Gasteiger partial charge < -0.3 is 4.74 Å². The number of nitrogens with zero attached hydrogens (tertiary/aromatic N) is 2. The van der Waals surface area contributed by atoms with Gasteiger partial charge in [-0.1, -0.05) is 42.5 Å². The van der Waals surface area contributed by atoms with Crippen molar-refractivity contribution in [2.75, 3.05) is 7.11 Å². The van der Waals surface area contributed by atoms with E-state index >= 15 is 0 Å². The average molecular weight is 565 g/mol. The summed E-state index contributed by atoms with van der Waals surface area (Å²) in [5.74, 6) is 0.639. The highest BCUT2D eigenvalue weighted by Gasteiger charge is 2.34. The molecule has 39 heavy (non-hydrogen) atoms. The quantitative estimate of drug-likeness (QED) is 0.117. The molecular formula is C30H23F3N2O2S2. The summed E-state index contributed by atoms with van der Waals surface area (Å²) in [5, 5.41) is 9.48. The van der Waals surface area contributed by atoms with Crippen molar-refractivity contribution < 1.29 is 22.7 Å². The van der Waals surface area contributed by atoms with Crippen molar-refractivity contribution in [2.45, 2.75) is 30.3 Å². The smallest absolute Gasteiger partial charge is 0.433 e. The maximum atomic E-state index is 13.3. The lowest BCUT2D eigenvalue weighted by molar-refractivity contribution is -0.141. The van der Waals surface area contributed by atoms with E-state index in [1.54, 1.807) is 24.3 Å². The van der Waals surface area contributed by atoms with Gasteiger partial charge in [0.25, 0.3) is 0 Å². The van der Waals surface area contributed by atoms with Gasteiger partial charge in [0.2, 0.25) is 0 Å². The Labute approximate surface area is 232 Å². The molecule has 0 aliphatic carbocycles. The summed E-state index contributed by atoms with van der Waals surface area (Å²) in [7, 11) is 1.50. The molecule has 4 rings (SSSR count). The Bertz CT molecular complexity index is 1550. The molecule has 0 aliphatic heterocycles. The van der Waals surface area contributed by atoms with Crippen LogP contribution in [0.1, 0.15) is 48.1 Å². The second-order valence-electron chi connectivity index (χ2n) is 8.60. The lowest BCUT2D eigenvalue weighted by Crippen LogP contribution is -2.10. The number of benzene rings is 2. The first kappa shape index (κ1) is 28.1. The van der Waals surface area contributed by atoms with E-state index in [1.807, 2.05) is 48.5 Å². The molecule has 4 nitrogen and oxygen atoms in total. The predicted molar refractivity (Wildman–Crippen MR) is 148 cm³/mol. The summed E-state index contributed by atoms with van der Waals surface area (Å²) in [4.78, 5) is 18.2. The van der Waals surface area contributed by atoms with Gasteiger partial charge in [0.05, 0.1) is 17.6 Å². The molecule has 0 aliphatic rings. The molecule has 0 N–H and O–H groups in total. The zero-order valence-electron chi connectivity index (χ0n) is 21.1. The monoisotopic (exact) mass is 564 g/mol. The van der Waals surface area contributed by atoms with Crippen LogP contribution in [0.25, 0.3) is 6.08 Å². The number of rotatable bonds is 9. The van der Waals surface area contributed by atoms with E-state index in [4.69, 9.17) is 4.74 Å². The largest absolute Gasteiger partial charge is 0.496 e. The molecule has 2 aromatic carbocycles. The van der Waals surface area contributed by atoms with Crippen LogP contribution in [-0.2, 0) is 18.3 Å². The van der Waals surface area contributed by atoms with Crippen LogP contribution in [0.5, 0.6) is 5.75 Å². The fraction of sp³-hybridized carbons (Fsp3) is 0.167. The highest BCUT2D eigenvalue weighted by Crippen LogP contribution is 2.35. The van der Waals surface area contributed by atoms with Crippen LogP contribution < -0.4 is 4.74 Å². The Morgan fingerprint density at radius 2 is 1.90 bits per heavy atom. The Morgan fingerprint density at radius 3 is 2.59 bits per heavy atom. The number of aryl methyl sites for hydroxylation is 1. The first-order valence-corrected chi connectivity index (χ1v) is 13.6. The van der Waals surface area contributed by atoms with Gasteiger partial charge in [-0.25, -0.2) is 4.98 Å². The normalized spacial score (nSPS) is 11.5. The van der Waals surface area contributed by atoms with Crippen LogP contribution in [0, 0.1) is 18.3 Å². The van der Waals surface area contributed by atoms with E-state index in [2.05, 4.69) is 4.98 Å². The van der Waals surface area contributed by atoms with Gasteiger partial charge >= 0.3 is 6.18 Å². The average Bonchev–Trinajstić information content (AvgIpc) is 3.39. The molecular weight excluding hydrogens is 541 g/mol. The number of methoxy groups -OCH3 is 1. The summed E-state index contributed by atoms with van der Waals surface area (Å²) in [5.41, 5.74) is 1.88. The molecule has 0 atom stereocenters. The van der Waals surface area contributed by atoms with Gasteiger partial charge in [-0.05, 0) is 60.0 Å². The lowest BCUT2D eigenvalue weighted by atomic mass is 10.1. The number of hydrogen-bond acceptors (Lipinski definition) is 6. The van der Waals surface area contributed by atoms with E-state index in [-0.39, 0.29) is 27.7 Å². The highest BCUT2D eigenvalue weighted by atomic mass is 32.2. The van der Waals surface area contributed by atoms with Crippen molar-refractivity contribution in [2.24, 2.45) is 0 Å². The van der Waals surface area contributed by atoms with Gasteiger partial charge in [-0.3, -0.25) is 4.79 Å². The van der Waals surface area contributed by atoms with Gasteiger partial charge in [-0.2, -0.15) is 18.4 Å². The number of aromatic nitrogens is 1. The van der Waals surface area contributed by atoms with Gasteiger partial charge in [0.15, 0.2) is 5.78 Å². The first-order valence-electron chi connectivity index (χ1n) is 11.8. The Balaban J connectivity index is 1.50. The zero-order valence-corrected chi connectivity index (χ0v) is 22.7. The fourth-order valence-electron chi connectivity index (χ4n) is 3.85. The molecule has 0 saturated heterocycles. The molecule has 9 heteroatoms. The fourth-order valence-corrected chi connectivity index (χ4v) is 5.84. The lowest BCUT2D eigenvalue weighted by Gasteiger charge is -2.13. The number of carbonyl (C=O) groups is 1. The SMILES string of the molecule is COc1ccc(/C=C/C(=O)c2ccc(Cc3ccccc3)s2)cc1CSc1nc(C(F)(F)F)cc(C)c1C#N. The number of ether oxygens (including phenoxy) is 1. The van der Waals surface area contributed by atoms with Crippen molar-refractivity contribution >= 4 is 35.0 Å². The summed E-state index contributed by atoms with van der Waals surface area (Å²) in [6, 6.07) is 22.0. The minimum absolute atomic E-state index is 0.00648. The second kappa shape index (κ2) is 12.3. The number of thiophene rings is 1. The van der Waals surface area contributed by atoms with Gasteiger partial charge in [0.1, 0.15) is 22.5 Å². The zero-order chi connectivity index (χ0) is 28.0. The van der Waals surface area contributed by atoms with E-state index in [0.717, 1.165) is 34.7 Å². The van der Waals surface area contributed by atoms with E-state index in [1.165, 1.54) is 37.0 Å². The molecule has 4 aromatic rings. The highest BCUT2D eigenvalue weighted by molar-refractivity contribution is 7.98. The number of pyridine rings is 1. The maximum absolute atomic E-state index is 13.3. The molecule has 2 aromatic heterocycles. The van der Waals surface area contributed by atoms with Crippen molar-refractivity contribution in [3.63, 3.8) is 0 Å². The maximum Gasteiger partial charge on any atom is 0.433 e. The molecule has 198 valence electrons. The number of alkyl halides is 3. The summed E-state index contributed by atoms with van der Waals surface area (Å²) in [6.45, 7) is 1.46. The molecule has 0 amide bonds. The summed E-state index contributed by atoms with van der Waals surface area (Å²) < 4.78 is 45.3. The van der Waals surface area contributed by atoms with Crippen LogP contribution in [0.2, 0.25) is 0 Å². The van der Waals surface area contributed by atoms with E-state index in [0.29, 0.717) is 16.2 Å². The molecule has 2 heterocycles. The molecule has 0 unspecified atom stereocenters. The molecule has 0 spiro atoms. The number of allylic oxidation sites excluding steroid dienone is 1. The third kappa shape index (κ3) is 7.16. The number of hydrogen-bond donors (Lipinski definition) is 0. The van der Waals surface area contributed by atoms with Crippen molar-refractivity contribution in [1.29, 1.82) is 5.26 Å². The Hall–Kier alpha value is -3.87. The minimum atomic E-state index is -4.62. The summed E-state index contributed by atoms with van der Waals surface area (Å²) >= 11 is 2.48. The topological polar surface area (TPSA) is 63.0 Å². The van der Waals surface area contributed by atoms with Crippen LogP contribution in [0.4, 0.5) is 13.2 Å². The number of halogens is 3. The van der Waals surface area contributed by atoms with Crippen molar-refractivity contribution in [3.8, 4) is 11.8 Å². The van der Waals surface area contributed by atoms with Crippen LogP contribution >= 0.6 is 23.1 Å². The van der Waals surface area contributed by atoms with Gasteiger partial charge in [-0.15, -0.1) is 23.1 Å². The third-order valence-corrected chi connectivity index (χ3v) is 7.93.